The minimum atomic E-state index is -0.321. The van der Waals surface area contributed by atoms with Gasteiger partial charge in [-0.3, -0.25) is 14.6 Å². The zero-order chi connectivity index (χ0) is 27.1. The number of nitrogens with zero attached hydrogens (tertiary/aromatic N) is 6. The van der Waals surface area contributed by atoms with E-state index in [0.29, 0.717) is 5.56 Å². The van der Waals surface area contributed by atoms with Crippen molar-refractivity contribution in [2.24, 2.45) is 0 Å². The predicted molar refractivity (Wildman–Crippen MR) is 151 cm³/mol. The molecule has 1 saturated carbocycles. The van der Waals surface area contributed by atoms with Crippen molar-refractivity contribution in [1.29, 1.82) is 0 Å². The minimum Gasteiger partial charge on any atom is -0.454 e. The molecule has 7 rings (SSSR count). The number of benzene rings is 2. The summed E-state index contributed by atoms with van der Waals surface area (Å²) in [5.41, 5.74) is 3.83. The van der Waals surface area contributed by atoms with Crippen LogP contribution in [-0.2, 0) is 6.54 Å². The molecular weight excluding hydrogens is 506 g/mol. The van der Waals surface area contributed by atoms with Crippen LogP contribution in [-0.4, -0.2) is 68.0 Å². The fourth-order valence-electron chi connectivity index (χ4n) is 6.49. The van der Waals surface area contributed by atoms with Crippen molar-refractivity contribution in [2.45, 2.75) is 57.7 Å². The Bertz CT molecular complexity index is 1570. The summed E-state index contributed by atoms with van der Waals surface area (Å²) < 4.78 is 13.1. The minimum absolute atomic E-state index is 0.0812. The lowest BCUT2D eigenvalue weighted by Crippen LogP contribution is -2.48. The van der Waals surface area contributed by atoms with Crippen LogP contribution >= 0.6 is 0 Å². The number of aromatic amines is 1. The Labute approximate surface area is 232 Å². The summed E-state index contributed by atoms with van der Waals surface area (Å²) in [5, 5.41) is 14.2. The average Bonchev–Trinajstić information content (AvgIpc) is 3.65. The van der Waals surface area contributed by atoms with Crippen molar-refractivity contribution in [1.82, 2.24) is 35.0 Å². The zero-order valence-corrected chi connectivity index (χ0v) is 22.9. The highest BCUT2D eigenvalue weighted by atomic mass is 16.7. The number of tetrazole rings is 1. The molecule has 1 aliphatic carbocycles. The van der Waals surface area contributed by atoms with E-state index in [9.17, 15) is 4.79 Å². The standard InChI is InChI=1S/C30H35N7O3/c1-20-7-9-25-22(15-20)17-24(30(38)31-25)28(29-32-33-34-37(29)23-5-3-2-4-6-23)36-13-11-35(12-14-36)18-21-8-10-26-27(16-21)40-19-39-26/h7-10,15-17,23,28H,2-6,11-14,18-19H2,1H3,(H,31,38)/t28-/m0/s1. The third-order valence-corrected chi connectivity index (χ3v) is 8.62. The fraction of sp³-hybridized carbons (Fsp3) is 0.467. The summed E-state index contributed by atoms with van der Waals surface area (Å²) in [4.78, 5) is 21.6. The monoisotopic (exact) mass is 541 g/mol. The number of piperazine rings is 1. The van der Waals surface area contributed by atoms with Gasteiger partial charge in [0, 0.05) is 43.8 Å². The van der Waals surface area contributed by atoms with Gasteiger partial charge in [-0.05, 0) is 71.5 Å². The number of ether oxygens (including phenoxy) is 2. The van der Waals surface area contributed by atoms with Crippen molar-refractivity contribution >= 4 is 10.9 Å². The van der Waals surface area contributed by atoms with Crippen molar-refractivity contribution in [2.75, 3.05) is 33.0 Å². The van der Waals surface area contributed by atoms with Crippen LogP contribution in [0.15, 0.2) is 47.3 Å². The summed E-state index contributed by atoms with van der Waals surface area (Å²) in [7, 11) is 0. The normalized spacial score (nSPS) is 19.3. The Hall–Kier alpha value is -3.76. The van der Waals surface area contributed by atoms with Gasteiger partial charge in [-0.15, -0.1) is 5.10 Å². The number of H-pyrrole nitrogens is 1. The first kappa shape index (κ1) is 25.2. The van der Waals surface area contributed by atoms with Gasteiger partial charge < -0.3 is 14.5 Å². The number of aryl methyl sites for hydroxylation is 1. The van der Waals surface area contributed by atoms with E-state index in [0.717, 1.165) is 79.4 Å². The van der Waals surface area contributed by atoms with E-state index in [-0.39, 0.29) is 24.4 Å². The Balaban J connectivity index is 1.19. The molecule has 1 atom stereocenters. The Morgan fingerprint density at radius 3 is 2.65 bits per heavy atom. The number of hydrogen-bond acceptors (Lipinski definition) is 8. The molecule has 40 heavy (non-hydrogen) atoms. The maximum absolute atomic E-state index is 13.6. The molecule has 1 N–H and O–H groups in total. The molecule has 2 aromatic carbocycles. The van der Waals surface area contributed by atoms with Crippen LogP contribution < -0.4 is 15.0 Å². The van der Waals surface area contributed by atoms with Gasteiger partial charge in [-0.25, -0.2) is 4.68 Å². The molecule has 0 spiro atoms. The molecule has 2 fully saturated rings. The largest absolute Gasteiger partial charge is 0.454 e. The van der Waals surface area contributed by atoms with Crippen LogP contribution in [0.25, 0.3) is 10.9 Å². The lowest BCUT2D eigenvalue weighted by atomic mass is 9.95. The summed E-state index contributed by atoms with van der Waals surface area (Å²) in [6.45, 7) is 6.55. The first-order chi connectivity index (χ1) is 19.6. The van der Waals surface area contributed by atoms with Crippen molar-refractivity contribution in [3.8, 4) is 11.5 Å². The van der Waals surface area contributed by atoms with Crippen LogP contribution in [0.3, 0.4) is 0 Å². The van der Waals surface area contributed by atoms with E-state index in [4.69, 9.17) is 9.47 Å². The Kier molecular flexibility index (Phi) is 6.73. The van der Waals surface area contributed by atoms with Crippen LogP contribution in [0.4, 0.5) is 0 Å². The quantitative estimate of drug-likeness (QED) is 0.392. The molecule has 10 nitrogen and oxygen atoms in total. The number of pyridine rings is 1. The molecule has 2 aliphatic heterocycles. The second kappa shape index (κ2) is 10.7. The smallest absolute Gasteiger partial charge is 0.253 e. The van der Waals surface area contributed by atoms with Gasteiger partial charge in [0.05, 0.1) is 6.04 Å². The first-order valence-electron chi connectivity index (χ1n) is 14.4. The molecule has 0 amide bonds. The van der Waals surface area contributed by atoms with E-state index in [1.807, 2.05) is 28.9 Å². The topological polar surface area (TPSA) is 101 Å². The van der Waals surface area contributed by atoms with E-state index in [1.54, 1.807) is 0 Å². The summed E-state index contributed by atoms with van der Waals surface area (Å²) in [5.74, 6) is 2.40. The fourth-order valence-corrected chi connectivity index (χ4v) is 6.49. The van der Waals surface area contributed by atoms with Gasteiger partial charge in [0.15, 0.2) is 17.3 Å². The summed E-state index contributed by atoms with van der Waals surface area (Å²) in [6.07, 6.45) is 5.76. The van der Waals surface area contributed by atoms with Gasteiger partial charge in [0.25, 0.3) is 5.56 Å². The molecule has 0 bridgehead atoms. The molecule has 2 aromatic heterocycles. The Morgan fingerprint density at radius 2 is 1.80 bits per heavy atom. The van der Waals surface area contributed by atoms with Gasteiger partial charge in [0.1, 0.15) is 6.04 Å². The maximum Gasteiger partial charge on any atom is 0.253 e. The lowest BCUT2D eigenvalue weighted by molar-refractivity contribution is 0.0982. The molecule has 10 heteroatoms. The molecule has 0 unspecified atom stereocenters. The van der Waals surface area contributed by atoms with Gasteiger partial charge >= 0.3 is 0 Å². The van der Waals surface area contributed by atoms with Crippen LogP contribution in [0.1, 0.15) is 66.7 Å². The third kappa shape index (κ3) is 4.86. The molecule has 4 aromatic rings. The SMILES string of the molecule is Cc1ccc2[nH]c(=O)c([C@@H](c3nnnn3C3CCCCC3)N3CCN(Cc4ccc5c(c4)OCO5)CC3)cc2c1. The first-order valence-corrected chi connectivity index (χ1v) is 14.4. The third-order valence-electron chi connectivity index (χ3n) is 8.62. The molecule has 1 saturated heterocycles. The molecule has 208 valence electrons. The highest BCUT2D eigenvalue weighted by molar-refractivity contribution is 5.79. The van der Waals surface area contributed by atoms with Crippen molar-refractivity contribution in [3.63, 3.8) is 0 Å². The van der Waals surface area contributed by atoms with Crippen LogP contribution in [0, 0.1) is 6.92 Å². The van der Waals surface area contributed by atoms with Gasteiger partial charge in [-0.1, -0.05) is 37.0 Å². The average molecular weight is 542 g/mol. The molecule has 3 aliphatic rings. The van der Waals surface area contributed by atoms with Crippen molar-refractivity contribution in [3.05, 3.63) is 75.3 Å². The number of fused-ring (bicyclic) bond motifs is 2. The molecule has 0 radical (unpaired) electrons. The number of hydrogen-bond donors (Lipinski definition) is 1. The van der Waals surface area contributed by atoms with Crippen molar-refractivity contribution < 1.29 is 9.47 Å². The second-order valence-corrected chi connectivity index (χ2v) is 11.3. The number of aromatic nitrogens is 5. The predicted octanol–water partition coefficient (Wildman–Crippen LogP) is 3.96. The summed E-state index contributed by atoms with van der Waals surface area (Å²) in [6, 6.07) is 14.3. The van der Waals surface area contributed by atoms with Gasteiger partial charge in [0.2, 0.25) is 6.79 Å². The lowest BCUT2D eigenvalue weighted by Gasteiger charge is -2.39. The number of nitrogens with one attached hydrogen (secondary N) is 1. The van der Waals surface area contributed by atoms with Crippen LogP contribution in [0.5, 0.6) is 11.5 Å². The second-order valence-electron chi connectivity index (χ2n) is 11.3. The van der Waals surface area contributed by atoms with E-state index < -0.39 is 0 Å². The van der Waals surface area contributed by atoms with Crippen LogP contribution in [0.2, 0.25) is 0 Å². The molecular formula is C30H35N7O3. The zero-order valence-electron chi connectivity index (χ0n) is 22.9. The number of rotatable bonds is 6. The van der Waals surface area contributed by atoms with E-state index in [1.165, 1.54) is 24.8 Å². The highest BCUT2D eigenvalue weighted by Gasteiger charge is 2.34. The molecule has 4 heterocycles. The summed E-state index contributed by atoms with van der Waals surface area (Å²) >= 11 is 0. The maximum atomic E-state index is 13.6. The highest BCUT2D eigenvalue weighted by Crippen LogP contribution is 2.35. The van der Waals surface area contributed by atoms with Gasteiger partial charge in [-0.2, -0.15) is 0 Å². The Morgan fingerprint density at radius 1 is 0.975 bits per heavy atom. The van der Waals surface area contributed by atoms with E-state index in [2.05, 4.69) is 55.4 Å². The van der Waals surface area contributed by atoms with E-state index >= 15 is 0 Å².